The van der Waals surface area contributed by atoms with Crippen molar-refractivity contribution in [3.63, 3.8) is 0 Å². The van der Waals surface area contributed by atoms with Crippen LogP contribution in [0.2, 0.25) is 0 Å². The molecule has 1 rings (SSSR count). The van der Waals surface area contributed by atoms with Crippen molar-refractivity contribution < 1.29 is 9.84 Å². The van der Waals surface area contributed by atoms with E-state index in [9.17, 15) is 5.11 Å². The molecule has 3 nitrogen and oxygen atoms in total. The Morgan fingerprint density at radius 3 is 2.32 bits per heavy atom. The van der Waals surface area contributed by atoms with Crippen molar-refractivity contribution in [3.05, 3.63) is 0 Å². The van der Waals surface area contributed by atoms with E-state index < -0.39 is 0 Å². The molecule has 114 valence electrons. The van der Waals surface area contributed by atoms with Gasteiger partial charge in [0.05, 0.1) is 18.8 Å². The molecule has 0 bridgehead atoms. The number of aliphatic hydroxyl groups is 1. The van der Waals surface area contributed by atoms with Crippen molar-refractivity contribution in [1.82, 2.24) is 5.32 Å². The van der Waals surface area contributed by atoms with E-state index in [4.69, 9.17) is 4.74 Å². The maximum atomic E-state index is 9.90. The Morgan fingerprint density at radius 1 is 1.11 bits per heavy atom. The average molecular weight is 271 g/mol. The van der Waals surface area contributed by atoms with Gasteiger partial charge in [-0.25, -0.2) is 0 Å². The SMILES string of the molecule is CC1CCC(OCC(O)CNCC(C)C(C)C)CC1. The first-order valence-corrected chi connectivity index (χ1v) is 7.99. The highest BCUT2D eigenvalue weighted by Gasteiger charge is 2.19. The van der Waals surface area contributed by atoms with Gasteiger partial charge >= 0.3 is 0 Å². The second-order valence-corrected chi connectivity index (χ2v) is 6.75. The van der Waals surface area contributed by atoms with Crippen LogP contribution < -0.4 is 5.32 Å². The van der Waals surface area contributed by atoms with Gasteiger partial charge in [0, 0.05) is 6.54 Å². The summed E-state index contributed by atoms with van der Waals surface area (Å²) in [6.45, 7) is 11.1. The number of hydrogen-bond donors (Lipinski definition) is 2. The van der Waals surface area contributed by atoms with Crippen molar-refractivity contribution in [3.8, 4) is 0 Å². The number of nitrogens with one attached hydrogen (secondary N) is 1. The number of aliphatic hydroxyl groups excluding tert-OH is 1. The van der Waals surface area contributed by atoms with Gasteiger partial charge in [0.1, 0.15) is 0 Å². The molecule has 1 aliphatic rings. The lowest BCUT2D eigenvalue weighted by Gasteiger charge is -2.27. The van der Waals surface area contributed by atoms with Crippen LogP contribution in [0.1, 0.15) is 53.4 Å². The van der Waals surface area contributed by atoms with Crippen molar-refractivity contribution in [1.29, 1.82) is 0 Å². The Kier molecular flexibility index (Phi) is 7.96. The molecule has 0 saturated heterocycles. The third-order valence-corrected chi connectivity index (χ3v) is 4.47. The molecule has 0 aliphatic heterocycles. The van der Waals surface area contributed by atoms with E-state index >= 15 is 0 Å². The average Bonchev–Trinajstić information content (AvgIpc) is 2.37. The first kappa shape index (κ1) is 16.9. The van der Waals surface area contributed by atoms with E-state index in [0.717, 1.165) is 25.3 Å². The van der Waals surface area contributed by atoms with E-state index in [1.54, 1.807) is 0 Å². The molecule has 0 aromatic rings. The molecule has 0 radical (unpaired) electrons. The summed E-state index contributed by atoms with van der Waals surface area (Å²) in [5.74, 6) is 2.18. The number of ether oxygens (including phenoxy) is 1. The Hall–Kier alpha value is -0.120. The molecule has 0 aromatic carbocycles. The van der Waals surface area contributed by atoms with Crippen LogP contribution in [0.5, 0.6) is 0 Å². The summed E-state index contributed by atoms with van der Waals surface area (Å²) in [6.07, 6.45) is 4.85. The highest BCUT2D eigenvalue weighted by molar-refractivity contribution is 4.71. The second kappa shape index (κ2) is 8.93. The first-order valence-electron chi connectivity index (χ1n) is 7.99. The van der Waals surface area contributed by atoms with Gasteiger partial charge in [-0.05, 0) is 50.0 Å². The standard InChI is InChI=1S/C16H33NO2/c1-12(2)14(4)9-17-10-15(18)11-19-16-7-5-13(3)6-8-16/h12-18H,5-11H2,1-4H3. The molecule has 2 unspecified atom stereocenters. The fraction of sp³-hybridized carbons (Fsp3) is 1.00. The predicted octanol–water partition coefficient (Wildman–Crippen LogP) is 2.82. The van der Waals surface area contributed by atoms with Crippen molar-refractivity contribution in [2.45, 2.75) is 65.6 Å². The number of rotatable bonds is 8. The minimum absolute atomic E-state index is 0.375. The van der Waals surface area contributed by atoms with Gasteiger partial charge in [0.2, 0.25) is 0 Å². The Bertz CT molecular complexity index is 225. The monoisotopic (exact) mass is 271 g/mol. The third kappa shape index (κ3) is 7.28. The number of hydrogen-bond acceptors (Lipinski definition) is 3. The maximum absolute atomic E-state index is 9.90. The molecule has 2 atom stereocenters. The Morgan fingerprint density at radius 2 is 1.74 bits per heavy atom. The minimum Gasteiger partial charge on any atom is -0.389 e. The van der Waals surface area contributed by atoms with Crippen LogP contribution in [-0.2, 0) is 4.74 Å². The molecule has 0 heterocycles. The zero-order valence-electron chi connectivity index (χ0n) is 13.2. The van der Waals surface area contributed by atoms with E-state index in [1.807, 2.05) is 0 Å². The van der Waals surface area contributed by atoms with Crippen LogP contribution in [-0.4, -0.2) is 37.0 Å². The van der Waals surface area contributed by atoms with E-state index in [1.165, 1.54) is 12.8 Å². The molecule has 1 fully saturated rings. The lowest BCUT2D eigenvalue weighted by atomic mass is 9.89. The first-order chi connectivity index (χ1) is 8.99. The minimum atomic E-state index is -0.376. The highest BCUT2D eigenvalue weighted by atomic mass is 16.5. The van der Waals surface area contributed by atoms with Gasteiger partial charge in [-0.1, -0.05) is 27.7 Å². The van der Waals surface area contributed by atoms with Crippen LogP contribution in [0.4, 0.5) is 0 Å². The summed E-state index contributed by atoms with van der Waals surface area (Å²) in [4.78, 5) is 0. The summed E-state index contributed by atoms with van der Waals surface area (Å²) in [5, 5.41) is 13.2. The lowest BCUT2D eigenvalue weighted by molar-refractivity contribution is -0.0279. The second-order valence-electron chi connectivity index (χ2n) is 6.75. The lowest BCUT2D eigenvalue weighted by Crippen LogP contribution is -2.35. The van der Waals surface area contributed by atoms with E-state index in [-0.39, 0.29) is 6.10 Å². The van der Waals surface area contributed by atoms with Gasteiger partial charge in [0.25, 0.3) is 0 Å². The van der Waals surface area contributed by atoms with Crippen molar-refractivity contribution >= 4 is 0 Å². The third-order valence-electron chi connectivity index (χ3n) is 4.47. The molecular weight excluding hydrogens is 238 g/mol. The molecule has 0 amide bonds. The van der Waals surface area contributed by atoms with Crippen molar-refractivity contribution in [2.75, 3.05) is 19.7 Å². The van der Waals surface area contributed by atoms with Crippen LogP contribution in [0.25, 0.3) is 0 Å². The summed E-state index contributed by atoms with van der Waals surface area (Å²) < 4.78 is 5.81. The normalized spacial score (nSPS) is 27.5. The summed E-state index contributed by atoms with van der Waals surface area (Å²) in [5.41, 5.74) is 0. The summed E-state index contributed by atoms with van der Waals surface area (Å²) in [6, 6.07) is 0. The molecule has 0 aromatic heterocycles. The predicted molar refractivity (Wildman–Crippen MR) is 80.3 cm³/mol. The van der Waals surface area contributed by atoms with Gasteiger partial charge in [-0.2, -0.15) is 0 Å². The van der Waals surface area contributed by atoms with Crippen LogP contribution in [0, 0.1) is 17.8 Å². The van der Waals surface area contributed by atoms with Gasteiger partial charge in [-0.15, -0.1) is 0 Å². The van der Waals surface area contributed by atoms with Crippen LogP contribution in [0.3, 0.4) is 0 Å². The zero-order valence-corrected chi connectivity index (χ0v) is 13.2. The zero-order chi connectivity index (χ0) is 14.3. The molecular formula is C16H33NO2. The van der Waals surface area contributed by atoms with E-state index in [2.05, 4.69) is 33.0 Å². The van der Waals surface area contributed by atoms with Gasteiger partial charge in [0.15, 0.2) is 0 Å². The topological polar surface area (TPSA) is 41.5 Å². The molecule has 2 N–H and O–H groups in total. The van der Waals surface area contributed by atoms with E-state index in [0.29, 0.717) is 31.1 Å². The van der Waals surface area contributed by atoms with Crippen LogP contribution in [0.15, 0.2) is 0 Å². The quantitative estimate of drug-likeness (QED) is 0.713. The summed E-state index contributed by atoms with van der Waals surface area (Å²) >= 11 is 0. The van der Waals surface area contributed by atoms with Gasteiger partial charge in [-0.3, -0.25) is 0 Å². The van der Waals surface area contributed by atoms with Crippen molar-refractivity contribution in [2.24, 2.45) is 17.8 Å². The maximum Gasteiger partial charge on any atom is 0.0897 e. The molecule has 1 aliphatic carbocycles. The molecule has 3 heteroatoms. The molecule has 19 heavy (non-hydrogen) atoms. The van der Waals surface area contributed by atoms with Gasteiger partial charge < -0.3 is 15.2 Å². The fourth-order valence-electron chi connectivity index (χ4n) is 2.42. The largest absolute Gasteiger partial charge is 0.389 e. The smallest absolute Gasteiger partial charge is 0.0897 e. The molecule has 1 saturated carbocycles. The fourth-order valence-corrected chi connectivity index (χ4v) is 2.42. The Labute approximate surface area is 119 Å². The Balaban J connectivity index is 2.03. The van der Waals surface area contributed by atoms with Crippen LogP contribution >= 0.6 is 0 Å². The molecule has 0 spiro atoms. The summed E-state index contributed by atoms with van der Waals surface area (Å²) in [7, 11) is 0. The highest BCUT2D eigenvalue weighted by Crippen LogP contribution is 2.25.